The van der Waals surface area contributed by atoms with Crippen LogP contribution in [0.5, 0.6) is 0 Å². The number of esters is 2. The van der Waals surface area contributed by atoms with E-state index in [0.717, 1.165) is 24.8 Å². The Morgan fingerprint density at radius 2 is 1.58 bits per heavy atom. The molecule has 0 radical (unpaired) electrons. The van der Waals surface area contributed by atoms with Crippen LogP contribution in [0.4, 0.5) is 0 Å². The number of carbonyl (C=O) groups is 2. The zero-order valence-corrected chi connectivity index (χ0v) is 26.8. The second-order valence-corrected chi connectivity index (χ2v) is 14.0. The Hall–Kier alpha value is -2.96. The fraction of sp³-hybridized carbons (Fsp3) is 0.568. The summed E-state index contributed by atoms with van der Waals surface area (Å²) in [6.45, 7) is 12.9. The highest BCUT2D eigenvalue weighted by molar-refractivity contribution is 5.82. The summed E-state index contributed by atoms with van der Waals surface area (Å²) in [7, 11) is 0. The van der Waals surface area contributed by atoms with Gasteiger partial charge in [0.25, 0.3) is 0 Å². The third-order valence-corrected chi connectivity index (χ3v) is 8.94. The van der Waals surface area contributed by atoms with E-state index in [9.17, 15) is 9.59 Å². The van der Waals surface area contributed by atoms with E-state index in [2.05, 4.69) is 45.0 Å². The fourth-order valence-corrected chi connectivity index (χ4v) is 6.29. The third kappa shape index (κ3) is 9.51. The molecule has 2 aromatic rings. The Balaban J connectivity index is 1.41. The van der Waals surface area contributed by atoms with Crippen molar-refractivity contribution < 1.29 is 28.5 Å². The summed E-state index contributed by atoms with van der Waals surface area (Å²) in [4.78, 5) is 25.6. The second-order valence-electron chi connectivity index (χ2n) is 14.0. The molecule has 0 aromatic heterocycles. The van der Waals surface area contributed by atoms with E-state index in [-0.39, 0.29) is 54.3 Å². The molecule has 0 unspecified atom stereocenters. The third-order valence-electron chi connectivity index (χ3n) is 8.94. The van der Waals surface area contributed by atoms with Crippen LogP contribution in [0.1, 0.15) is 84.8 Å². The van der Waals surface area contributed by atoms with Crippen molar-refractivity contribution in [2.45, 2.75) is 110 Å². The van der Waals surface area contributed by atoms with Crippen LogP contribution >= 0.6 is 0 Å². The van der Waals surface area contributed by atoms with Crippen molar-refractivity contribution in [1.82, 2.24) is 0 Å². The Labute approximate surface area is 258 Å². The molecule has 234 valence electrons. The summed E-state index contributed by atoms with van der Waals surface area (Å²) in [6, 6.07) is 20.6. The summed E-state index contributed by atoms with van der Waals surface area (Å²) < 4.78 is 24.3. The monoisotopic (exact) mass is 590 g/mol. The number of ether oxygens (including phenoxy) is 4. The van der Waals surface area contributed by atoms with Gasteiger partial charge in [0.1, 0.15) is 12.7 Å². The molecule has 6 nitrogen and oxygen atoms in total. The van der Waals surface area contributed by atoms with E-state index in [1.54, 1.807) is 6.08 Å². The molecule has 6 heteroatoms. The summed E-state index contributed by atoms with van der Waals surface area (Å²) in [5.41, 5.74) is 1.64. The maximum Gasteiger partial charge on any atom is 0.330 e. The lowest BCUT2D eigenvalue weighted by Gasteiger charge is -2.43. The van der Waals surface area contributed by atoms with Gasteiger partial charge in [-0.2, -0.15) is 0 Å². The maximum absolute atomic E-state index is 13.2. The van der Waals surface area contributed by atoms with Gasteiger partial charge >= 0.3 is 11.9 Å². The van der Waals surface area contributed by atoms with Crippen LogP contribution in [0, 0.1) is 17.3 Å². The number of rotatable bonds is 10. The SMILES string of the molecule is C[C@@H]1CC[C@@H](C(C)(C)c2ccccc2)[C@H](OC(=O)/C=C/[C@H]2C[C@H](OCc3ccccc3)C[C@H](COC(=O)C(C)(C)C)O2)C1. The van der Waals surface area contributed by atoms with Crippen molar-refractivity contribution in [3.8, 4) is 0 Å². The molecule has 1 saturated carbocycles. The van der Waals surface area contributed by atoms with E-state index in [4.69, 9.17) is 18.9 Å². The van der Waals surface area contributed by atoms with Crippen molar-refractivity contribution in [3.05, 3.63) is 83.9 Å². The summed E-state index contributed by atoms with van der Waals surface area (Å²) in [5, 5.41) is 0. The lowest BCUT2D eigenvalue weighted by molar-refractivity contribution is -0.165. The van der Waals surface area contributed by atoms with Crippen LogP contribution in [0.2, 0.25) is 0 Å². The molecule has 6 atom stereocenters. The molecule has 0 bridgehead atoms. The zero-order valence-electron chi connectivity index (χ0n) is 26.8. The highest BCUT2D eigenvalue weighted by Gasteiger charge is 2.42. The average molecular weight is 591 g/mol. The van der Waals surface area contributed by atoms with Gasteiger partial charge in [-0.3, -0.25) is 4.79 Å². The van der Waals surface area contributed by atoms with E-state index in [0.29, 0.717) is 25.4 Å². The van der Waals surface area contributed by atoms with Gasteiger partial charge < -0.3 is 18.9 Å². The maximum atomic E-state index is 13.2. The average Bonchev–Trinajstić information content (AvgIpc) is 2.98. The van der Waals surface area contributed by atoms with Crippen LogP contribution in [0.3, 0.4) is 0 Å². The number of hydrogen-bond acceptors (Lipinski definition) is 6. The van der Waals surface area contributed by atoms with Crippen LogP contribution in [-0.2, 0) is 40.6 Å². The summed E-state index contributed by atoms with van der Waals surface area (Å²) in [6.07, 6.45) is 6.55. The molecule has 1 aliphatic carbocycles. The summed E-state index contributed by atoms with van der Waals surface area (Å²) in [5.74, 6) is 0.116. The van der Waals surface area contributed by atoms with E-state index >= 15 is 0 Å². The number of hydrogen-bond donors (Lipinski definition) is 0. The van der Waals surface area contributed by atoms with Gasteiger partial charge in [-0.25, -0.2) is 4.79 Å². The first kappa shape index (κ1) is 32.9. The first-order valence-corrected chi connectivity index (χ1v) is 15.8. The Kier molecular flexibility index (Phi) is 11.2. The highest BCUT2D eigenvalue weighted by Crippen LogP contribution is 2.43. The topological polar surface area (TPSA) is 71.1 Å². The van der Waals surface area contributed by atoms with Gasteiger partial charge in [0.05, 0.1) is 30.3 Å². The van der Waals surface area contributed by atoms with Crippen molar-refractivity contribution in [1.29, 1.82) is 0 Å². The molecular formula is C37H50O6. The lowest BCUT2D eigenvalue weighted by atomic mass is 9.64. The highest BCUT2D eigenvalue weighted by atomic mass is 16.6. The Bertz CT molecular complexity index is 1200. The second kappa shape index (κ2) is 14.7. The van der Waals surface area contributed by atoms with Crippen molar-refractivity contribution in [3.63, 3.8) is 0 Å². The fourth-order valence-electron chi connectivity index (χ4n) is 6.29. The first-order chi connectivity index (χ1) is 20.4. The molecule has 1 heterocycles. The normalized spacial score (nSPS) is 26.7. The molecule has 2 aliphatic rings. The van der Waals surface area contributed by atoms with Crippen molar-refractivity contribution in [2.75, 3.05) is 6.61 Å². The van der Waals surface area contributed by atoms with Crippen LogP contribution in [-0.4, -0.2) is 43.0 Å². The van der Waals surface area contributed by atoms with Gasteiger partial charge in [-0.15, -0.1) is 0 Å². The number of carbonyl (C=O) groups excluding carboxylic acids is 2. The van der Waals surface area contributed by atoms with Crippen LogP contribution < -0.4 is 0 Å². The minimum absolute atomic E-state index is 0.104. The van der Waals surface area contributed by atoms with Crippen LogP contribution in [0.25, 0.3) is 0 Å². The van der Waals surface area contributed by atoms with Gasteiger partial charge in [0.15, 0.2) is 0 Å². The predicted molar refractivity (Wildman–Crippen MR) is 168 cm³/mol. The molecule has 1 saturated heterocycles. The van der Waals surface area contributed by atoms with E-state index < -0.39 is 5.41 Å². The van der Waals surface area contributed by atoms with Gasteiger partial charge in [-0.05, 0) is 62.1 Å². The Morgan fingerprint density at radius 1 is 0.907 bits per heavy atom. The Morgan fingerprint density at radius 3 is 2.26 bits per heavy atom. The largest absolute Gasteiger partial charge is 0.463 e. The zero-order chi connectivity index (χ0) is 31.0. The lowest BCUT2D eigenvalue weighted by Crippen LogP contribution is -2.43. The minimum Gasteiger partial charge on any atom is -0.463 e. The van der Waals surface area contributed by atoms with E-state index in [1.807, 2.05) is 57.2 Å². The molecule has 0 N–H and O–H groups in total. The molecule has 1 aliphatic heterocycles. The van der Waals surface area contributed by atoms with Crippen molar-refractivity contribution in [2.24, 2.45) is 17.3 Å². The van der Waals surface area contributed by atoms with Crippen LogP contribution in [0.15, 0.2) is 72.8 Å². The molecule has 2 fully saturated rings. The van der Waals surface area contributed by atoms with Crippen molar-refractivity contribution >= 4 is 11.9 Å². The molecule has 2 aromatic carbocycles. The molecule has 4 rings (SSSR count). The predicted octanol–water partition coefficient (Wildman–Crippen LogP) is 7.59. The molecule has 43 heavy (non-hydrogen) atoms. The number of benzene rings is 2. The minimum atomic E-state index is -0.593. The first-order valence-electron chi connectivity index (χ1n) is 15.8. The van der Waals surface area contributed by atoms with Gasteiger partial charge in [0.2, 0.25) is 0 Å². The summed E-state index contributed by atoms with van der Waals surface area (Å²) >= 11 is 0. The van der Waals surface area contributed by atoms with Gasteiger partial charge in [-0.1, -0.05) is 87.9 Å². The quantitative estimate of drug-likeness (QED) is 0.210. The molecular weight excluding hydrogens is 540 g/mol. The smallest absolute Gasteiger partial charge is 0.330 e. The molecule has 0 amide bonds. The van der Waals surface area contributed by atoms with E-state index in [1.165, 1.54) is 11.6 Å². The standard InChI is InChI=1S/C37H50O6/c1-26-17-19-32(37(5,6)28-15-11-8-12-16-28)33(21-26)43-34(38)20-18-29-22-30(40-24-27-13-9-7-10-14-27)23-31(42-29)25-41-35(39)36(2,3)4/h7-16,18,20,26,29-33H,17,19,21-25H2,1-6H3/b20-18+/t26-,29+,30+,31-,32-,33-/m1/s1. The molecule has 0 spiro atoms. The van der Waals surface area contributed by atoms with Gasteiger partial charge in [0, 0.05) is 24.8 Å².